The molecule has 210 valence electrons. The number of alkyl halides is 3. The highest BCUT2D eigenvalue weighted by Gasteiger charge is 2.32. The summed E-state index contributed by atoms with van der Waals surface area (Å²) in [6, 6.07) is 9.97. The number of sulfone groups is 1. The van der Waals surface area contributed by atoms with Crippen molar-refractivity contribution < 1.29 is 34.8 Å². The molecule has 0 unspecified atom stereocenters. The Labute approximate surface area is 242 Å². The predicted molar refractivity (Wildman–Crippen MR) is 145 cm³/mol. The average Bonchev–Trinajstić information content (AvgIpc) is 2.80. The van der Waals surface area contributed by atoms with Gasteiger partial charge in [0.2, 0.25) is 5.91 Å². The molecule has 0 heterocycles. The maximum atomic E-state index is 12.9. The van der Waals surface area contributed by atoms with Crippen LogP contribution in [0.15, 0.2) is 74.2 Å². The zero-order chi connectivity index (χ0) is 29.2. The normalized spacial score (nSPS) is 12.3. The molecule has 0 saturated carbocycles. The van der Waals surface area contributed by atoms with E-state index in [1.54, 1.807) is 6.92 Å². The van der Waals surface area contributed by atoms with E-state index in [0.29, 0.717) is 28.5 Å². The lowest BCUT2D eigenvalue weighted by Crippen LogP contribution is -2.29. The summed E-state index contributed by atoms with van der Waals surface area (Å²) in [4.78, 5) is 11.9. The molecule has 16 heteroatoms. The Balaban J connectivity index is 1.79. The smallest absolute Gasteiger partial charge is 0.355 e. The van der Waals surface area contributed by atoms with Gasteiger partial charge in [-0.1, -0.05) is 46.6 Å². The van der Waals surface area contributed by atoms with Crippen LogP contribution >= 0.6 is 46.6 Å². The molecule has 3 aromatic carbocycles. The summed E-state index contributed by atoms with van der Waals surface area (Å²) >= 11 is 19.5. The lowest BCUT2D eigenvalue weighted by atomic mass is 10.2. The molecule has 0 spiro atoms. The maximum absolute atomic E-state index is 12.9. The number of carbonyl (C=O) groups is 1. The number of anilines is 1. The van der Waals surface area contributed by atoms with Crippen molar-refractivity contribution in [2.24, 2.45) is 0 Å². The number of rotatable bonds is 9. The number of carbonyl (C=O) groups excluding carboxylic acids is 1. The SMILES string of the molecule is CCNC(=O)CS(=O)(=O)c1ccc(Sc2c(Cl)cc(NS(=O)(=O)c3ccc(C(F)(F)F)cc3Cl)cc2Cl)cc1. The molecular formula is C23H18Cl3F3N2O5S3. The first-order valence-electron chi connectivity index (χ1n) is 10.7. The molecule has 3 rings (SSSR count). The van der Waals surface area contributed by atoms with Gasteiger partial charge in [-0.15, -0.1) is 0 Å². The molecule has 0 saturated heterocycles. The largest absolute Gasteiger partial charge is 0.416 e. The minimum absolute atomic E-state index is 0.0386. The predicted octanol–water partition coefficient (Wildman–Crippen LogP) is 6.53. The van der Waals surface area contributed by atoms with Crippen molar-refractivity contribution in [3.8, 4) is 0 Å². The van der Waals surface area contributed by atoms with Crippen LogP contribution in [-0.4, -0.2) is 35.0 Å². The van der Waals surface area contributed by atoms with Crippen LogP contribution in [0.1, 0.15) is 12.5 Å². The number of hydrogen-bond donors (Lipinski definition) is 2. The van der Waals surface area contributed by atoms with Gasteiger partial charge in [-0.25, -0.2) is 16.8 Å². The molecule has 0 fully saturated rings. The Kier molecular flexibility index (Phi) is 9.77. The average molecular weight is 662 g/mol. The molecule has 3 aromatic rings. The van der Waals surface area contributed by atoms with Crippen molar-refractivity contribution in [3.63, 3.8) is 0 Å². The Hall–Kier alpha value is -2.16. The Morgan fingerprint density at radius 3 is 2.00 bits per heavy atom. The summed E-state index contributed by atoms with van der Waals surface area (Å²) in [5, 5.41) is 1.87. The first-order chi connectivity index (χ1) is 18.0. The molecule has 0 bridgehead atoms. The van der Waals surface area contributed by atoms with E-state index in [9.17, 15) is 34.8 Å². The summed E-state index contributed by atoms with van der Waals surface area (Å²) in [7, 11) is -8.25. The maximum Gasteiger partial charge on any atom is 0.416 e. The van der Waals surface area contributed by atoms with Crippen LogP contribution in [-0.2, 0) is 30.8 Å². The summed E-state index contributed by atoms with van der Waals surface area (Å²) < 4.78 is 91.1. The third-order valence-electron chi connectivity index (χ3n) is 4.90. The molecule has 0 aliphatic carbocycles. The van der Waals surface area contributed by atoms with Crippen molar-refractivity contribution in [1.29, 1.82) is 0 Å². The second-order valence-corrected chi connectivity index (χ2v) is 13.7. The Bertz CT molecular complexity index is 1590. The first kappa shape index (κ1) is 31.4. The van der Waals surface area contributed by atoms with E-state index in [-0.39, 0.29) is 20.6 Å². The monoisotopic (exact) mass is 660 g/mol. The molecule has 7 nitrogen and oxygen atoms in total. The van der Waals surface area contributed by atoms with Gasteiger partial charge in [0.15, 0.2) is 9.84 Å². The fraction of sp³-hybridized carbons (Fsp3) is 0.174. The van der Waals surface area contributed by atoms with E-state index in [2.05, 4.69) is 10.0 Å². The van der Waals surface area contributed by atoms with Crippen LogP contribution < -0.4 is 10.0 Å². The Morgan fingerprint density at radius 2 is 1.49 bits per heavy atom. The van der Waals surface area contributed by atoms with Crippen molar-refractivity contribution in [2.75, 3.05) is 17.0 Å². The lowest BCUT2D eigenvalue weighted by Gasteiger charge is -2.14. The zero-order valence-corrected chi connectivity index (χ0v) is 24.4. The minimum atomic E-state index is -4.70. The molecule has 2 N–H and O–H groups in total. The van der Waals surface area contributed by atoms with Gasteiger partial charge in [0, 0.05) is 16.3 Å². The van der Waals surface area contributed by atoms with Crippen LogP contribution in [0.5, 0.6) is 0 Å². The molecule has 0 aliphatic rings. The fourth-order valence-electron chi connectivity index (χ4n) is 3.16. The summed E-state index contributed by atoms with van der Waals surface area (Å²) in [5.74, 6) is -1.31. The second kappa shape index (κ2) is 12.1. The minimum Gasteiger partial charge on any atom is -0.355 e. The highest BCUT2D eigenvalue weighted by molar-refractivity contribution is 7.99. The topological polar surface area (TPSA) is 109 Å². The molecule has 0 radical (unpaired) electrons. The van der Waals surface area contributed by atoms with Gasteiger partial charge >= 0.3 is 6.18 Å². The van der Waals surface area contributed by atoms with E-state index in [1.165, 1.54) is 36.4 Å². The van der Waals surface area contributed by atoms with Gasteiger partial charge < -0.3 is 5.32 Å². The van der Waals surface area contributed by atoms with Crippen molar-refractivity contribution in [1.82, 2.24) is 5.32 Å². The van der Waals surface area contributed by atoms with E-state index in [4.69, 9.17) is 34.8 Å². The van der Waals surface area contributed by atoms with E-state index < -0.39 is 53.2 Å². The third kappa shape index (κ3) is 7.95. The summed E-state index contributed by atoms with van der Waals surface area (Å²) in [6.07, 6.45) is -4.70. The number of amides is 1. The first-order valence-corrected chi connectivity index (χ1v) is 15.8. The van der Waals surface area contributed by atoms with Crippen LogP contribution in [0.4, 0.5) is 18.9 Å². The molecule has 0 aliphatic heterocycles. The quantitative estimate of drug-likeness (QED) is 0.270. The molecule has 1 amide bonds. The standard InChI is InChI=1S/C23H18Cl3F3N2O5S3/c1-2-30-21(32)12-38(33,34)16-6-4-15(5-7-16)37-22-18(25)10-14(11-19(22)26)31-39(35,36)20-8-3-13(9-17(20)24)23(27,28)29/h3-11,31H,2,12H2,1H3,(H,30,32). The molecule has 0 atom stereocenters. The zero-order valence-electron chi connectivity index (χ0n) is 19.6. The number of hydrogen-bond acceptors (Lipinski definition) is 6. The van der Waals surface area contributed by atoms with Crippen molar-refractivity contribution in [3.05, 3.63) is 75.2 Å². The van der Waals surface area contributed by atoms with Crippen molar-refractivity contribution >= 4 is 78.0 Å². The molecular weight excluding hydrogens is 644 g/mol. The van der Waals surface area contributed by atoms with Gasteiger partial charge in [-0.05, 0) is 61.5 Å². The lowest BCUT2D eigenvalue weighted by molar-refractivity contribution is -0.137. The van der Waals surface area contributed by atoms with Gasteiger partial charge in [0.25, 0.3) is 10.0 Å². The van der Waals surface area contributed by atoms with E-state index in [0.717, 1.165) is 17.8 Å². The number of halogens is 6. The number of nitrogens with one attached hydrogen (secondary N) is 2. The van der Waals surface area contributed by atoms with E-state index >= 15 is 0 Å². The van der Waals surface area contributed by atoms with Gasteiger partial charge in [0.05, 0.1) is 31.2 Å². The van der Waals surface area contributed by atoms with Gasteiger partial charge in [-0.3, -0.25) is 9.52 Å². The highest BCUT2D eigenvalue weighted by Crippen LogP contribution is 2.41. The summed E-state index contributed by atoms with van der Waals surface area (Å²) in [5.41, 5.74) is -1.18. The van der Waals surface area contributed by atoms with Crippen LogP contribution in [0, 0.1) is 0 Å². The number of sulfonamides is 1. The van der Waals surface area contributed by atoms with Gasteiger partial charge in [-0.2, -0.15) is 13.2 Å². The second-order valence-electron chi connectivity index (χ2n) is 7.80. The molecule has 39 heavy (non-hydrogen) atoms. The van der Waals surface area contributed by atoms with Crippen LogP contribution in [0.25, 0.3) is 0 Å². The van der Waals surface area contributed by atoms with Crippen LogP contribution in [0.3, 0.4) is 0 Å². The number of benzene rings is 3. The van der Waals surface area contributed by atoms with E-state index in [1.807, 2.05) is 0 Å². The van der Waals surface area contributed by atoms with Gasteiger partial charge in [0.1, 0.15) is 10.6 Å². The van der Waals surface area contributed by atoms with Crippen molar-refractivity contribution in [2.45, 2.75) is 32.7 Å². The highest BCUT2D eigenvalue weighted by atomic mass is 35.5. The summed E-state index contributed by atoms with van der Waals surface area (Å²) in [6.45, 7) is 1.97. The fourth-order valence-corrected chi connectivity index (χ4v) is 7.45. The van der Waals surface area contributed by atoms with Crippen LogP contribution in [0.2, 0.25) is 15.1 Å². The Morgan fingerprint density at radius 1 is 0.897 bits per heavy atom. The third-order valence-corrected chi connectivity index (χ3v) is 10.4. The molecule has 0 aromatic heterocycles.